The van der Waals surface area contributed by atoms with Gasteiger partial charge in [-0.15, -0.1) is 11.3 Å². The molecule has 1 aromatic carbocycles. The molecule has 0 aliphatic carbocycles. The van der Waals surface area contributed by atoms with Gasteiger partial charge in [-0.05, 0) is 48.4 Å². The van der Waals surface area contributed by atoms with Gasteiger partial charge in [0.1, 0.15) is 5.75 Å². The van der Waals surface area contributed by atoms with Crippen molar-refractivity contribution in [3.05, 3.63) is 50.7 Å². The first-order chi connectivity index (χ1) is 9.11. The maximum absolute atomic E-state index is 10.2. The average Bonchev–Trinajstić information content (AvgIpc) is 2.77. The van der Waals surface area contributed by atoms with Gasteiger partial charge in [0.05, 0.1) is 23.1 Å². The third kappa shape index (κ3) is 3.50. The molecule has 2 nitrogen and oxygen atoms in total. The largest absolute Gasteiger partial charge is 0.497 e. The second-order valence-electron chi connectivity index (χ2n) is 4.50. The predicted molar refractivity (Wildman–Crippen MR) is 80.3 cm³/mol. The fraction of sp³-hybridized carbons (Fsp3) is 0.333. The number of thiophene rings is 1. The van der Waals surface area contributed by atoms with Gasteiger partial charge in [-0.2, -0.15) is 0 Å². The summed E-state index contributed by atoms with van der Waals surface area (Å²) in [5.41, 5.74) is 2.22. The molecule has 0 amide bonds. The summed E-state index contributed by atoms with van der Waals surface area (Å²) in [6.45, 7) is 1.96. The van der Waals surface area contributed by atoms with Crippen molar-refractivity contribution in [2.75, 3.05) is 7.11 Å². The Morgan fingerprint density at radius 2 is 2.00 bits per heavy atom. The van der Waals surface area contributed by atoms with Crippen molar-refractivity contribution in [1.82, 2.24) is 0 Å². The maximum Gasteiger partial charge on any atom is 0.118 e. The molecule has 2 rings (SSSR count). The van der Waals surface area contributed by atoms with Gasteiger partial charge in [0, 0.05) is 0 Å². The summed E-state index contributed by atoms with van der Waals surface area (Å²) in [5, 5.41) is 12.9. The van der Waals surface area contributed by atoms with E-state index >= 15 is 0 Å². The Bertz CT molecular complexity index is 534. The average molecular weight is 297 g/mol. The van der Waals surface area contributed by atoms with Crippen molar-refractivity contribution in [2.45, 2.75) is 25.9 Å². The molecule has 4 heteroatoms. The van der Waals surface area contributed by atoms with Crippen LogP contribution in [0.2, 0.25) is 5.02 Å². The molecule has 1 N–H and O–H groups in total. The SMILES string of the molecule is COc1ccc(CCC(O)c2scc(C)c2Cl)cc1. The predicted octanol–water partition coefficient (Wildman–Crippen LogP) is 4.38. The zero-order chi connectivity index (χ0) is 13.8. The molecule has 0 aliphatic rings. The van der Waals surface area contributed by atoms with Crippen LogP contribution in [0.15, 0.2) is 29.6 Å². The Balaban J connectivity index is 1.96. The Kier molecular flexibility index (Phi) is 4.86. The van der Waals surface area contributed by atoms with Gasteiger partial charge in [0.2, 0.25) is 0 Å². The van der Waals surface area contributed by atoms with E-state index in [1.807, 2.05) is 36.6 Å². The molecule has 0 spiro atoms. The van der Waals surface area contributed by atoms with Gasteiger partial charge in [-0.3, -0.25) is 0 Å². The lowest BCUT2D eigenvalue weighted by Crippen LogP contribution is -1.98. The molecule has 1 heterocycles. The number of rotatable bonds is 5. The molecular weight excluding hydrogens is 280 g/mol. The van der Waals surface area contributed by atoms with E-state index in [2.05, 4.69) is 0 Å². The van der Waals surface area contributed by atoms with Crippen LogP contribution in [0.3, 0.4) is 0 Å². The fourth-order valence-corrected chi connectivity index (χ4v) is 3.24. The highest BCUT2D eigenvalue weighted by Crippen LogP contribution is 2.34. The number of aliphatic hydroxyl groups is 1. The number of aryl methyl sites for hydroxylation is 2. The summed E-state index contributed by atoms with van der Waals surface area (Å²) >= 11 is 7.68. The van der Waals surface area contributed by atoms with E-state index in [0.29, 0.717) is 11.4 Å². The van der Waals surface area contributed by atoms with Crippen molar-refractivity contribution >= 4 is 22.9 Å². The zero-order valence-electron chi connectivity index (χ0n) is 11.0. The monoisotopic (exact) mass is 296 g/mol. The quantitative estimate of drug-likeness (QED) is 0.887. The number of benzene rings is 1. The second kappa shape index (κ2) is 6.42. The lowest BCUT2D eigenvalue weighted by atomic mass is 10.1. The number of methoxy groups -OCH3 is 1. The fourth-order valence-electron chi connectivity index (χ4n) is 1.90. The van der Waals surface area contributed by atoms with Gasteiger partial charge in [0.15, 0.2) is 0 Å². The topological polar surface area (TPSA) is 29.5 Å². The van der Waals surface area contributed by atoms with E-state index in [0.717, 1.165) is 22.6 Å². The molecule has 1 aromatic heterocycles. The zero-order valence-corrected chi connectivity index (χ0v) is 12.6. The van der Waals surface area contributed by atoms with Gasteiger partial charge in [0.25, 0.3) is 0 Å². The highest BCUT2D eigenvalue weighted by atomic mass is 35.5. The first-order valence-electron chi connectivity index (χ1n) is 6.16. The minimum atomic E-state index is -0.492. The Morgan fingerprint density at radius 1 is 1.32 bits per heavy atom. The Labute approximate surface area is 122 Å². The maximum atomic E-state index is 10.2. The standard InChI is InChI=1S/C15H17ClO2S/c1-10-9-19-15(14(10)16)13(17)8-5-11-3-6-12(18-2)7-4-11/h3-4,6-7,9,13,17H,5,8H2,1-2H3. The third-order valence-corrected chi connectivity index (χ3v) is 4.91. The second-order valence-corrected chi connectivity index (χ2v) is 5.79. The Morgan fingerprint density at radius 3 is 2.53 bits per heavy atom. The van der Waals surface area contributed by atoms with Crippen molar-refractivity contribution in [1.29, 1.82) is 0 Å². The van der Waals surface area contributed by atoms with Crippen LogP contribution < -0.4 is 4.74 Å². The van der Waals surface area contributed by atoms with E-state index in [1.54, 1.807) is 7.11 Å². The number of aliphatic hydroxyl groups excluding tert-OH is 1. The summed E-state index contributed by atoms with van der Waals surface area (Å²) < 4.78 is 5.12. The van der Waals surface area contributed by atoms with Crippen molar-refractivity contribution in [2.24, 2.45) is 0 Å². The summed E-state index contributed by atoms with van der Waals surface area (Å²) in [5.74, 6) is 0.848. The smallest absolute Gasteiger partial charge is 0.118 e. The normalized spacial score (nSPS) is 12.4. The van der Waals surface area contributed by atoms with Crippen LogP contribution in [0.5, 0.6) is 5.75 Å². The first-order valence-corrected chi connectivity index (χ1v) is 7.42. The minimum Gasteiger partial charge on any atom is -0.497 e. The molecule has 0 saturated carbocycles. The summed E-state index contributed by atoms with van der Waals surface area (Å²) in [6.07, 6.45) is 0.998. The highest BCUT2D eigenvalue weighted by molar-refractivity contribution is 7.10. The summed E-state index contributed by atoms with van der Waals surface area (Å²) in [7, 11) is 1.65. The molecular formula is C15H17ClO2S. The molecule has 19 heavy (non-hydrogen) atoms. The van der Waals surface area contributed by atoms with Crippen LogP contribution in [-0.2, 0) is 6.42 Å². The molecule has 2 aromatic rings. The van der Waals surface area contributed by atoms with Crippen LogP contribution in [-0.4, -0.2) is 12.2 Å². The Hall–Kier alpha value is -1.03. The van der Waals surface area contributed by atoms with Gasteiger partial charge >= 0.3 is 0 Å². The van der Waals surface area contributed by atoms with Crippen LogP contribution in [0, 0.1) is 6.92 Å². The number of hydrogen-bond acceptors (Lipinski definition) is 3. The third-order valence-electron chi connectivity index (χ3n) is 3.09. The van der Waals surface area contributed by atoms with E-state index in [1.165, 1.54) is 16.9 Å². The van der Waals surface area contributed by atoms with Crippen LogP contribution >= 0.6 is 22.9 Å². The highest BCUT2D eigenvalue weighted by Gasteiger charge is 2.15. The number of hydrogen-bond donors (Lipinski definition) is 1. The van der Waals surface area contributed by atoms with Crippen molar-refractivity contribution < 1.29 is 9.84 Å². The first kappa shape index (κ1) is 14.4. The molecule has 0 bridgehead atoms. The van der Waals surface area contributed by atoms with Crippen LogP contribution in [0.4, 0.5) is 0 Å². The van der Waals surface area contributed by atoms with Gasteiger partial charge < -0.3 is 9.84 Å². The molecule has 0 aliphatic heterocycles. The van der Waals surface area contributed by atoms with Gasteiger partial charge in [-0.1, -0.05) is 23.7 Å². The van der Waals surface area contributed by atoms with Crippen molar-refractivity contribution in [3.8, 4) is 5.75 Å². The molecule has 1 atom stereocenters. The molecule has 0 radical (unpaired) electrons. The molecule has 0 saturated heterocycles. The minimum absolute atomic E-state index is 0.492. The molecule has 0 fully saturated rings. The number of ether oxygens (including phenoxy) is 1. The summed E-state index contributed by atoms with van der Waals surface area (Å²) in [6, 6.07) is 7.91. The van der Waals surface area contributed by atoms with E-state index < -0.39 is 6.10 Å². The van der Waals surface area contributed by atoms with E-state index in [4.69, 9.17) is 16.3 Å². The van der Waals surface area contributed by atoms with Gasteiger partial charge in [-0.25, -0.2) is 0 Å². The van der Waals surface area contributed by atoms with Crippen molar-refractivity contribution in [3.63, 3.8) is 0 Å². The molecule has 1 unspecified atom stereocenters. The number of halogens is 1. The van der Waals surface area contributed by atoms with Crippen LogP contribution in [0.1, 0.15) is 28.5 Å². The van der Waals surface area contributed by atoms with E-state index in [-0.39, 0.29) is 0 Å². The van der Waals surface area contributed by atoms with Crippen LogP contribution in [0.25, 0.3) is 0 Å². The lowest BCUT2D eigenvalue weighted by molar-refractivity contribution is 0.171. The van der Waals surface area contributed by atoms with E-state index in [9.17, 15) is 5.11 Å². The summed E-state index contributed by atoms with van der Waals surface area (Å²) in [4.78, 5) is 0.868. The molecule has 102 valence electrons. The lowest BCUT2D eigenvalue weighted by Gasteiger charge is -2.10.